The zero-order valence-corrected chi connectivity index (χ0v) is 61.6. The van der Waals surface area contributed by atoms with Crippen molar-refractivity contribution in [2.45, 2.75) is 465 Å². The molecule has 0 aliphatic carbocycles. The maximum absolute atomic E-state index is 6.61. The van der Waals surface area contributed by atoms with Gasteiger partial charge in [0.2, 0.25) is 0 Å². The summed E-state index contributed by atoms with van der Waals surface area (Å²) in [6.45, 7) is 18.6. The molecule has 0 rings (SSSR count). The van der Waals surface area contributed by atoms with E-state index in [4.69, 9.17) is 33.2 Å². The molecule has 0 spiro atoms. The molecule has 0 N–H and O–H groups in total. The first-order chi connectivity index (χ1) is 44.1. The number of hydrogen-bond acceptors (Lipinski definition) is 7. The maximum Gasteiger partial charge on any atom is 0.180 e. The molecule has 2 atom stereocenters. The van der Waals surface area contributed by atoms with Crippen molar-refractivity contribution >= 4 is 0 Å². The van der Waals surface area contributed by atoms with Gasteiger partial charge in [0.15, 0.2) is 25.2 Å². The third-order valence-corrected chi connectivity index (χ3v) is 18.2. The highest BCUT2D eigenvalue weighted by Crippen LogP contribution is 2.20. The van der Waals surface area contributed by atoms with Gasteiger partial charge in [0, 0.05) is 26.4 Å². The lowest BCUT2D eigenvalue weighted by Crippen LogP contribution is -2.25. The fourth-order valence-electron chi connectivity index (χ4n) is 12.1. The van der Waals surface area contributed by atoms with Crippen LogP contribution in [0.1, 0.15) is 440 Å². The minimum Gasteiger partial charge on any atom is -0.353 e. The first-order valence-electron chi connectivity index (χ1n) is 40.8. The summed E-state index contributed by atoms with van der Waals surface area (Å²) in [5, 5.41) is 0. The van der Waals surface area contributed by atoms with Crippen LogP contribution in [0.3, 0.4) is 0 Å². The van der Waals surface area contributed by atoms with Gasteiger partial charge in [-0.1, -0.05) is 362 Å². The summed E-state index contributed by atoms with van der Waals surface area (Å²) >= 11 is 0. The number of allylic oxidation sites excluding steroid dienone is 2. The Bertz CT molecular complexity index is 1170. The highest BCUT2D eigenvalue weighted by molar-refractivity contribution is 4.90. The number of rotatable bonds is 80. The summed E-state index contributed by atoms with van der Waals surface area (Å²) in [6.07, 6.45) is 88.3. The predicted molar refractivity (Wildman–Crippen MR) is 391 cm³/mol. The largest absolute Gasteiger partial charge is 0.353 e. The summed E-state index contributed by atoms with van der Waals surface area (Å²) in [4.78, 5) is 0. The quantitative estimate of drug-likeness (QED) is 0.0341. The van der Waals surface area contributed by atoms with Crippen molar-refractivity contribution in [3.05, 3.63) is 24.3 Å². The molecular formula is C82H162O7. The molecule has 7 nitrogen and oxygen atoms in total. The Morgan fingerprint density at radius 3 is 0.607 bits per heavy atom. The van der Waals surface area contributed by atoms with Gasteiger partial charge in [-0.15, -0.1) is 0 Å². The van der Waals surface area contributed by atoms with E-state index in [9.17, 15) is 0 Å². The molecule has 2 unspecified atom stereocenters. The van der Waals surface area contributed by atoms with Gasteiger partial charge in [-0.25, -0.2) is 0 Å². The van der Waals surface area contributed by atoms with E-state index in [2.05, 4.69) is 65.8 Å². The Kier molecular flexibility index (Phi) is 78.9. The van der Waals surface area contributed by atoms with Crippen LogP contribution in [0.2, 0.25) is 0 Å². The predicted octanol–water partition coefficient (Wildman–Crippen LogP) is 27.8. The van der Waals surface area contributed by atoms with Crippen LogP contribution < -0.4 is 0 Å². The smallest absolute Gasteiger partial charge is 0.180 e. The lowest BCUT2D eigenvalue weighted by atomic mass is 10.1. The molecule has 0 radical (unpaired) electrons. The van der Waals surface area contributed by atoms with Crippen molar-refractivity contribution < 1.29 is 33.2 Å². The molecule has 7 heteroatoms. The molecule has 0 aliphatic rings. The Morgan fingerprint density at radius 2 is 0.371 bits per heavy atom. The number of hydrogen-bond donors (Lipinski definition) is 0. The summed E-state index contributed by atoms with van der Waals surface area (Å²) < 4.78 is 44.9. The van der Waals surface area contributed by atoms with Crippen molar-refractivity contribution in [1.82, 2.24) is 0 Å². The second-order valence-electron chi connectivity index (χ2n) is 27.4. The van der Waals surface area contributed by atoms with Gasteiger partial charge in [-0.05, 0) is 102 Å². The van der Waals surface area contributed by atoms with Crippen molar-refractivity contribution in [1.29, 1.82) is 0 Å². The van der Waals surface area contributed by atoms with Crippen LogP contribution >= 0.6 is 0 Å². The van der Waals surface area contributed by atoms with E-state index in [-0.39, 0.29) is 25.2 Å². The van der Waals surface area contributed by atoms with Crippen LogP contribution in [0.4, 0.5) is 0 Å². The first kappa shape index (κ1) is 88.2. The minimum absolute atomic E-state index is 0.00805. The Balaban J connectivity index is 4.76. The fourth-order valence-corrected chi connectivity index (χ4v) is 12.1. The number of ether oxygens (including phenoxy) is 7. The molecule has 0 aromatic rings. The van der Waals surface area contributed by atoms with E-state index in [0.717, 1.165) is 78.2 Å². The van der Waals surface area contributed by atoms with Crippen molar-refractivity contribution in [2.24, 2.45) is 0 Å². The van der Waals surface area contributed by atoms with Crippen LogP contribution in [0, 0.1) is 0 Å². The molecule has 0 bridgehead atoms. The van der Waals surface area contributed by atoms with Crippen molar-refractivity contribution in [3.63, 3.8) is 0 Å². The molecular weight excluding hydrogens is 1100 g/mol. The molecule has 0 aromatic heterocycles. The highest BCUT2D eigenvalue weighted by atomic mass is 16.8. The summed E-state index contributed by atoms with van der Waals surface area (Å²) in [5.41, 5.74) is 0. The van der Waals surface area contributed by atoms with E-state index < -0.39 is 0 Å². The second-order valence-corrected chi connectivity index (χ2v) is 27.4. The zero-order chi connectivity index (χ0) is 64.2. The van der Waals surface area contributed by atoms with Crippen LogP contribution in [0.15, 0.2) is 24.3 Å². The molecule has 0 aliphatic heterocycles. The van der Waals surface area contributed by atoms with E-state index in [1.54, 1.807) is 0 Å². The van der Waals surface area contributed by atoms with Crippen molar-refractivity contribution in [2.75, 3.05) is 39.6 Å². The molecule has 0 amide bonds. The van der Waals surface area contributed by atoms with Gasteiger partial charge >= 0.3 is 0 Å². The average Bonchev–Trinajstić information content (AvgIpc) is 3.64. The van der Waals surface area contributed by atoms with Gasteiger partial charge < -0.3 is 33.2 Å². The first-order valence-corrected chi connectivity index (χ1v) is 40.8. The molecule has 0 saturated carbocycles. The lowest BCUT2D eigenvalue weighted by molar-refractivity contribution is -0.208. The zero-order valence-electron chi connectivity index (χ0n) is 61.6. The van der Waals surface area contributed by atoms with Gasteiger partial charge in [-0.2, -0.15) is 0 Å². The molecule has 0 aromatic carbocycles. The Morgan fingerprint density at radius 1 is 0.191 bits per heavy atom. The van der Waals surface area contributed by atoms with E-state index in [1.165, 1.54) is 360 Å². The highest BCUT2D eigenvalue weighted by Gasteiger charge is 2.15. The lowest BCUT2D eigenvalue weighted by Gasteiger charge is -2.22. The van der Waals surface area contributed by atoms with Gasteiger partial charge in [0.1, 0.15) is 0 Å². The van der Waals surface area contributed by atoms with E-state index in [1.807, 2.05) is 0 Å². The fraction of sp³-hybridized carbons (Fsp3) is 0.951. The van der Waals surface area contributed by atoms with Crippen LogP contribution in [-0.4, -0.2) is 64.8 Å². The van der Waals surface area contributed by atoms with Gasteiger partial charge in [0.25, 0.3) is 0 Å². The summed E-state index contributed by atoms with van der Waals surface area (Å²) in [6, 6.07) is 0. The molecule has 532 valence electrons. The minimum atomic E-state index is -0.377. The molecule has 0 saturated heterocycles. The third-order valence-electron chi connectivity index (χ3n) is 18.2. The topological polar surface area (TPSA) is 64.6 Å². The molecule has 0 heterocycles. The number of unbranched alkanes of at least 4 members (excludes halogenated alkanes) is 52. The monoisotopic (exact) mass is 1260 g/mol. The summed E-state index contributed by atoms with van der Waals surface area (Å²) in [7, 11) is 0. The maximum atomic E-state index is 6.61. The van der Waals surface area contributed by atoms with Gasteiger partial charge in [0.05, 0.1) is 13.2 Å². The van der Waals surface area contributed by atoms with Crippen molar-refractivity contribution in [3.8, 4) is 0 Å². The van der Waals surface area contributed by atoms with E-state index >= 15 is 0 Å². The Labute approximate surface area is 559 Å². The van der Waals surface area contributed by atoms with E-state index in [0.29, 0.717) is 0 Å². The molecule has 89 heavy (non-hydrogen) atoms. The SMILES string of the molecule is CCCCCCCCCCOC(CCCCCCCCCCCC=CC(OCCCCCC)OC(C=CCCCCCCCCCCCC(OCCCCCCCCCC)OCCCCCCCCCC)OCCCCCC)OCCCCCCCCCC. The molecule has 0 fully saturated rings. The van der Waals surface area contributed by atoms with Crippen LogP contribution in [0.5, 0.6) is 0 Å². The second kappa shape index (κ2) is 79.6. The normalized spacial score (nSPS) is 12.9. The van der Waals surface area contributed by atoms with Gasteiger partial charge in [-0.3, -0.25) is 0 Å². The standard InChI is InChI=1S/C82H162O7/c1-7-13-19-25-29-47-55-65-73-83-79(84-74-66-56-48-30-26-20-14-8-2)69-59-51-43-39-35-33-37-41-45-53-61-71-81(87-77-63-23-17-11-5)89-82(88-78-64-24-18-12-6)72-62-54-46-42-38-34-36-40-44-52-60-70-80(85-75-67-57-49-31-27-21-15-9-3)86-76-68-58-50-32-28-22-16-10-4/h61-62,71-72,79-82H,7-60,63-70,73-78H2,1-6H3. The van der Waals surface area contributed by atoms with Crippen LogP contribution in [0.25, 0.3) is 0 Å². The van der Waals surface area contributed by atoms with Crippen LogP contribution in [-0.2, 0) is 33.2 Å². The summed E-state index contributed by atoms with van der Waals surface area (Å²) in [5.74, 6) is 0. The Hall–Kier alpha value is -0.800. The average molecular weight is 1260 g/mol. The third kappa shape index (κ3) is 72.9.